The summed E-state index contributed by atoms with van der Waals surface area (Å²) in [5.74, 6) is -1.15. The molecule has 2 rings (SSSR count). The Hall–Kier alpha value is -1.60. The highest BCUT2D eigenvalue weighted by Gasteiger charge is 2.51. The molecule has 7 heteroatoms. The lowest BCUT2D eigenvalue weighted by Gasteiger charge is -2.29. The van der Waals surface area contributed by atoms with Crippen LogP contribution in [0.2, 0.25) is 0 Å². The van der Waals surface area contributed by atoms with Crippen LogP contribution in [0.5, 0.6) is 0 Å². The first-order valence-electron chi connectivity index (χ1n) is 9.37. The minimum absolute atomic E-state index is 0.269. The number of amides is 1. The smallest absolute Gasteiger partial charge is 0.408 e. The van der Waals surface area contributed by atoms with Gasteiger partial charge in [0.25, 0.3) is 0 Å². The molecule has 1 N–H and O–H groups in total. The summed E-state index contributed by atoms with van der Waals surface area (Å²) in [5, 5.41) is 2.80. The maximum absolute atomic E-state index is 12.4. The zero-order chi connectivity index (χ0) is 19.5. The Morgan fingerprint density at radius 3 is 2.42 bits per heavy atom. The van der Waals surface area contributed by atoms with Gasteiger partial charge in [-0.2, -0.15) is 0 Å². The fraction of sp³-hybridized carbons (Fsp3) is 0.789. The molecule has 1 saturated heterocycles. The fourth-order valence-corrected chi connectivity index (χ4v) is 3.28. The van der Waals surface area contributed by atoms with Crippen LogP contribution in [-0.4, -0.2) is 48.3 Å². The number of fused-ring (bicyclic) bond motifs is 1. The summed E-state index contributed by atoms with van der Waals surface area (Å²) in [4.78, 5) is 24.5. The highest BCUT2D eigenvalue weighted by atomic mass is 16.8. The second-order valence-corrected chi connectivity index (χ2v) is 7.64. The maximum Gasteiger partial charge on any atom is 0.408 e. The number of rotatable bonds is 5. The molecule has 1 amide bonds. The van der Waals surface area contributed by atoms with E-state index in [9.17, 15) is 9.59 Å². The van der Waals surface area contributed by atoms with Crippen molar-refractivity contribution in [3.05, 3.63) is 11.6 Å². The highest BCUT2D eigenvalue weighted by molar-refractivity contribution is 5.90. The van der Waals surface area contributed by atoms with Gasteiger partial charge in [-0.15, -0.1) is 0 Å². The summed E-state index contributed by atoms with van der Waals surface area (Å²) in [7, 11) is 0. The van der Waals surface area contributed by atoms with Crippen LogP contribution in [0.1, 0.15) is 60.8 Å². The van der Waals surface area contributed by atoms with Crippen molar-refractivity contribution in [2.45, 2.75) is 90.4 Å². The summed E-state index contributed by atoms with van der Waals surface area (Å²) in [6.45, 7) is 11.4. The average molecular weight is 369 g/mol. The Morgan fingerprint density at radius 1 is 1.23 bits per heavy atom. The Bertz CT molecular complexity index is 561. The quantitative estimate of drug-likeness (QED) is 0.750. The molecule has 3 atom stereocenters. The van der Waals surface area contributed by atoms with Gasteiger partial charge in [0, 0.05) is 6.42 Å². The molecule has 0 radical (unpaired) electrons. The first-order valence-corrected chi connectivity index (χ1v) is 9.37. The molecule has 2 aliphatic rings. The molecule has 26 heavy (non-hydrogen) atoms. The van der Waals surface area contributed by atoms with Crippen molar-refractivity contribution in [3.63, 3.8) is 0 Å². The van der Waals surface area contributed by atoms with Crippen molar-refractivity contribution in [2.75, 3.05) is 6.61 Å². The van der Waals surface area contributed by atoms with E-state index in [4.69, 9.17) is 18.9 Å². The van der Waals surface area contributed by atoms with Crippen molar-refractivity contribution >= 4 is 12.1 Å². The van der Waals surface area contributed by atoms with E-state index in [1.54, 1.807) is 33.8 Å². The van der Waals surface area contributed by atoms with Crippen LogP contribution >= 0.6 is 0 Å². The van der Waals surface area contributed by atoms with E-state index in [1.165, 1.54) is 0 Å². The number of hydrogen-bond acceptors (Lipinski definition) is 6. The van der Waals surface area contributed by atoms with Crippen LogP contribution in [-0.2, 0) is 23.7 Å². The van der Waals surface area contributed by atoms with Crippen LogP contribution in [0.3, 0.4) is 0 Å². The minimum Gasteiger partial charge on any atom is -0.463 e. The normalized spacial score (nSPS) is 27.3. The summed E-state index contributed by atoms with van der Waals surface area (Å²) in [6, 6.07) is -0.390. The van der Waals surface area contributed by atoms with Gasteiger partial charge < -0.3 is 24.3 Å². The van der Waals surface area contributed by atoms with Crippen molar-refractivity contribution in [3.8, 4) is 0 Å². The predicted molar refractivity (Wildman–Crippen MR) is 95.5 cm³/mol. The summed E-state index contributed by atoms with van der Waals surface area (Å²) in [6.07, 6.45) is 2.23. The first-order chi connectivity index (χ1) is 12.1. The standard InChI is InChI=1S/C19H31NO6/c1-7-19(8-2)24-14-11-12(20-17(22)26-18(4,5)6)10-13(15(14)25-19)16(21)23-9-3/h10,12,14-15H,7-9,11H2,1-6H3,(H,20,22). The molecule has 0 bridgehead atoms. The van der Waals surface area contributed by atoms with Crippen molar-refractivity contribution < 1.29 is 28.5 Å². The van der Waals surface area contributed by atoms with E-state index >= 15 is 0 Å². The summed E-state index contributed by atoms with van der Waals surface area (Å²) in [5.41, 5.74) is -0.199. The molecule has 0 aromatic carbocycles. The van der Waals surface area contributed by atoms with Gasteiger partial charge in [-0.25, -0.2) is 9.59 Å². The van der Waals surface area contributed by atoms with Crippen LogP contribution in [0.15, 0.2) is 11.6 Å². The Kier molecular flexibility index (Phi) is 6.34. The number of nitrogens with one attached hydrogen (secondary N) is 1. The second kappa shape index (κ2) is 7.96. The van der Waals surface area contributed by atoms with E-state index in [2.05, 4.69) is 5.32 Å². The number of alkyl carbamates (subject to hydrolysis) is 1. The third-order valence-corrected chi connectivity index (χ3v) is 4.51. The number of ether oxygens (including phenoxy) is 4. The third-order valence-electron chi connectivity index (χ3n) is 4.51. The van der Waals surface area contributed by atoms with Crippen LogP contribution < -0.4 is 5.32 Å². The number of hydrogen-bond donors (Lipinski definition) is 1. The molecule has 1 aliphatic carbocycles. The van der Waals surface area contributed by atoms with Gasteiger partial charge in [0.05, 0.1) is 24.3 Å². The molecule has 1 fully saturated rings. The van der Waals surface area contributed by atoms with Gasteiger partial charge in [-0.05, 0) is 46.6 Å². The van der Waals surface area contributed by atoms with Crippen molar-refractivity contribution in [1.82, 2.24) is 5.32 Å². The molecule has 1 heterocycles. The largest absolute Gasteiger partial charge is 0.463 e. The zero-order valence-electron chi connectivity index (χ0n) is 16.6. The topological polar surface area (TPSA) is 83.1 Å². The number of esters is 1. The molecule has 3 unspecified atom stereocenters. The molecular formula is C19H31NO6. The zero-order valence-corrected chi connectivity index (χ0v) is 16.6. The first kappa shape index (κ1) is 20.7. The Balaban J connectivity index is 2.20. The summed E-state index contributed by atoms with van der Waals surface area (Å²) >= 11 is 0. The fourth-order valence-electron chi connectivity index (χ4n) is 3.28. The molecule has 1 aliphatic heterocycles. The molecule has 7 nitrogen and oxygen atoms in total. The van der Waals surface area contributed by atoms with E-state index in [0.29, 0.717) is 24.8 Å². The number of carbonyl (C=O) groups excluding carboxylic acids is 2. The van der Waals surface area contributed by atoms with Crippen LogP contribution in [0.4, 0.5) is 4.79 Å². The van der Waals surface area contributed by atoms with Gasteiger partial charge in [0.15, 0.2) is 5.79 Å². The SMILES string of the molecule is CCOC(=O)C1=CC(NC(=O)OC(C)(C)C)CC2OC(CC)(CC)OC12. The molecule has 0 aromatic rings. The number of carbonyl (C=O) groups is 2. The Labute approximate surface area is 155 Å². The lowest BCUT2D eigenvalue weighted by atomic mass is 9.90. The second-order valence-electron chi connectivity index (χ2n) is 7.64. The minimum atomic E-state index is -0.707. The third kappa shape index (κ3) is 4.76. The highest BCUT2D eigenvalue weighted by Crippen LogP contribution is 2.41. The molecule has 0 aromatic heterocycles. The predicted octanol–water partition coefficient (Wildman–Crippen LogP) is 3.07. The van der Waals surface area contributed by atoms with Gasteiger partial charge in [-0.3, -0.25) is 0 Å². The summed E-state index contributed by atoms with van der Waals surface area (Å²) < 4.78 is 22.8. The van der Waals surface area contributed by atoms with Gasteiger partial charge >= 0.3 is 12.1 Å². The lowest BCUT2D eigenvalue weighted by Crippen LogP contribution is -2.45. The van der Waals surface area contributed by atoms with E-state index < -0.39 is 35.6 Å². The monoisotopic (exact) mass is 369 g/mol. The average Bonchev–Trinajstić information content (AvgIpc) is 2.91. The van der Waals surface area contributed by atoms with Gasteiger partial charge in [0.2, 0.25) is 0 Å². The lowest BCUT2D eigenvalue weighted by molar-refractivity contribution is -0.177. The van der Waals surface area contributed by atoms with E-state index in [1.807, 2.05) is 13.8 Å². The maximum atomic E-state index is 12.4. The molecule has 148 valence electrons. The Morgan fingerprint density at radius 2 is 1.88 bits per heavy atom. The van der Waals surface area contributed by atoms with E-state index in [-0.39, 0.29) is 12.7 Å². The van der Waals surface area contributed by atoms with E-state index in [0.717, 1.165) is 0 Å². The van der Waals surface area contributed by atoms with Crippen molar-refractivity contribution in [2.24, 2.45) is 0 Å². The van der Waals surface area contributed by atoms with Gasteiger partial charge in [0.1, 0.15) is 11.7 Å². The molecular weight excluding hydrogens is 338 g/mol. The van der Waals surface area contributed by atoms with Gasteiger partial charge in [-0.1, -0.05) is 13.8 Å². The van der Waals surface area contributed by atoms with Crippen LogP contribution in [0.25, 0.3) is 0 Å². The molecule has 0 spiro atoms. The van der Waals surface area contributed by atoms with Crippen molar-refractivity contribution in [1.29, 1.82) is 0 Å². The van der Waals surface area contributed by atoms with Crippen LogP contribution in [0, 0.1) is 0 Å². The molecule has 0 saturated carbocycles.